The van der Waals surface area contributed by atoms with Gasteiger partial charge in [-0.1, -0.05) is 17.3 Å². The molecule has 5 nitrogen and oxygen atoms in total. The van der Waals surface area contributed by atoms with Crippen molar-refractivity contribution in [2.24, 2.45) is 17.0 Å². The average Bonchev–Trinajstić information content (AvgIpc) is 2.69. The monoisotopic (exact) mass is 403 g/mol. The van der Waals surface area contributed by atoms with Gasteiger partial charge < -0.3 is 19.0 Å². The van der Waals surface area contributed by atoms with Crippen LogP contribution >= 0.6 is 0 Å². The van der Waals surface area contributed by atoms with Gasteiger partial charge in [0.15, 0.2) is 0 Å². The molecule has 0 amide bonds. The Bertz CT molecular complexity index is 652. The summed E-state index contributed by atoms with van der Waals surface area (Å²) in [6, 6.07) is 4.13. The van der Waals surface area contributed by atoms with E-state index in [1.165, 1.54) is 25.7 Å². The van der Waals surface area contributed by atoms with Gasteiger partial charge in [-0.15, -0.1) is 0 Å². The molecule has 29 heavy (non-hydrogen) atoms. The molecule has 0 aromatic heterocycles. The maximum Gasteiger partial charge on any atom is 0.125 e. The number of rotatable bonds is 11. The van der Waals surface area contributed by atoms with Gasteiger partial charge in [0.1, 0.15) is 25.2 Å². The van der Waals surface area contributed by atoms with Crippen LogP contribution in [0.1, 0.15) is 50.7 Å². The normalized spacial score (nSPS) is 20.1. The lowest BCUT2D eigenvalue weighted by atomic mass is 9.83. The van der Waals surface area contributed by atoms with E-state index >= 15 is 0 Å². The van der Waals surface area contributed by atoms with Gasteiger partial charge in [-0.05, 0) is 88.5 Å². The Hall–Kier alpha value is -2.01. The molecule has 5 heteroatoms. The van der Waals surface area contributed by atoms with Crippen molar-refractivity contribution in [1.29, 1.82) is 0 Å². The summed E-state index contributed by atoms with van der Waals surface area (Å²) in [6.45, 7) is 10.8. The Morgan fingerprint density at radius 3 is 2.24 bits per heavy atom. The minimum absolute atomic E-state index is 0.546. The van der Waals surface area contributed by atoms with Crippen molar-refractivity contribution in [2.75, 3.05) is 33.5 Å². The highest BCUT2D eigenvalue weighted by atomic mass is 16.6. The highest BCUT2D eigenvalue weighted by molar-refractivity contribution is 5.82. The van der Waals surface area contributed by atoms with Crippen LogP contribution in [0.25, 0.3) is 0 Å². The highest BCUT2D eigenvalue weighted by Crippen LogP contribution is 2.32. The van der Waals surface area contributed by atoms with E-state index in [2.05, 4.69) is 31.1 Å². The molecule has 2 rings (SSSR count). The molecule has 162 valence electrons. The molecule has 1 aliphatic rings. The Morgan fingerprint density at radius 1 is 1.03 bits per heavy atom. The van der Waals surface area contributed by atoms with Gasteiger partial charge in [0, 0.05) is 6.61 Å². The van der Waals surface area contributed by atoms with E-state index in [1.807, 2.05) is 26.0 Å². The zero-order valence-electron chi connectivity index (χ0n) is 18.7. The molecule has 1 fully saturated rings. The fourth-order valence-electron chi connectivity index (χ4n) is 3.78. The smallest absolute Gasteiger partial charge is 0.125 e. The topological polar surface area (TPSA) is 49.3 Å². The first-order chi connectivity index (χ1) is 14.0. The van der Waals surface area contributed by atoms with Crippen LogP contribution in [-0.2, 0) is 9.57 Å². The van der Waals surface area contributed by atoms with Crippen molar-refractivity contribution in [3.8, 4) is 11.5 Å². The summed E-state index contributed by atoms with van der Waals surface area (Å²) in [4.78, 5) is 4.75. The first-order valence-corrected chi connectivity index (χ1v) is 10.7. The second kappa shape index (κ2) is 12.5. The third kappa shape index (κ3) is 8.09. The molecule has 1 aromatic carbocycles. The molecule has 1 saturated carbocycles. The summed E-state index contributed by atoms with van der Waals surface area (Å²) in [7, 11) is 1.56. The molecule has 0 N–H and O–H groups in total. The number of ether oxygens (including phenoxy) is 3. The zero-order valence-corrected chi connectivity index (χ0v) is 18.7. The fraction of sp³-hybridized carbons (Fsp3) is 0.625. The van der Waals surface area contributed by atoms with E-state index in [0.717, 1.165) is 41.6 Å². The van der Waals surface area contributed by atoms with Crippen molar-refractivity contribution in [2.45, 2.75) is 53.4 Å². The number of hydrogen-bond acceptors (Lipinski definition) is 5. The highest BCUT2D eigenvalue weighted by Gasteiger charge is 2.22. The molecule has 0 spiro atoms. The quantitative estimate of drug-likeness (QED) is 0.279. The van der Waals surface area contributed by atoms with Gasteiger partial charge in [-0.2, -0.15) is 0 Å². The summed E-state index contributed by atoms with van der Waals surface area (Å²) >= 11 is 0. The van der Waals surface area contributed by atoms with Crippen LogP contribution in [0.2, 0.25) is 0 Å². The lowest BCUT2D eigenvalue weighted by Crippen LogP contribution is -2.23. The molecule has 0 unspecified atom stereocenters. The predicted molar refractivity (Wildman–Crippen MR) is 118 cm³/mol. The Morgan fingerprint density at radius 2 is 1.66 bits per heavy atom. The van der Waals surface area contributed by atoms with Gasteiger partial charge in [0.2, 0.25) is 0 Å². The van der Waals surface area contributed by atoms with Crippen molar-refractivity contribution < 1.29 is 19.0 Å². The maximum atomic E-state index is 6.23. The summed E-state index contributed by atoms with van der Waals surface area (Å²) in [6.07, 6.45) is 8.79. The SMILES string of the molecule is C/C=C/COc1cc(C)c(OCC2CCC(COCC(C)=NOC)CC2)c(C)c1. The zero-order chi connectivity index (χ0) is 21.1. The van der Waals surface area contributed by atoms with E-state index in [1.54, 1.807) is 7.11 Å². The van der Waals surface area contributed by atoms with Gasteiger partial charge in [0.05, 0.1) is 18.9 Å². The molecule has 0 radical (unpaired) electrons. The fourth-order valence-corrected chi connectivity index (χ4v) is 3.78. The summed E-state index contributed by atoms with van der Waals surface area (Å²) in [5.74, 6) is 3.16. The number of nitrogens with zero attached hydrogens (tertiary/aromatic N) is 1. The van der Waals surface area contributed by atoms with Gasteiger partial charge in [-0.3, -0.25) is 0 Å². The van der Waals surface area contributed by atoms with E-state index in [0.29, 0.717) is 25.0 Å². The van der Waals surface area contributed by atoms with Gasteiger partial charge in [0.25, 0.3) is 0 Å². The lowest BCUT2D eigenvalue weighted by molar-refractivity contribution is 0.0904. The molecule has 1 aromatic rings. The van der Waals surface area contributed by atoms with Crippen LogP contribution in [0.15, 0.2) is 29.4 Å². The Kier molecular flexibility index (Phi) is 10.1. The summed E-state index contributed by atoms with van der Waals surface area (Å²) in [5.41, 5.74) is 3.14. The third-order valence-electron chi connectivity index (χ3n) is 5.36. The maximum absolute atomic E-state index is 6.23. The minimum atomic E-state index is 0.546. The van der Waals surface area contributed by atoms with E-state index in [9.17, 15) is 0 Å². The first-order valence-electron chi connectivity index (χ1n) is 10.7. The molecule has 0 atom stereocenters. The number of benzene rings is 1. The third-order valence-corrected chi connectivity index (χ3v) is 5.36. The van der Waals surface area contributed by atoms with Crippen LogP contribution in [0.5, 0.6) is 11.5 Å². The average molecular weight is 404 g/mol. The lowest BCUT2D eigenvalue weighted by Gasteiger charge is -2.28. The Balaban J connectivity index is 1.74. The molecule has 0 bridgehead atoms. The van der Waals surface area contributed by atoms with Crippen LogP contribution in [0.4, 0.5) is 0 Å². The van der Waals surface area contributed by atoms with Gasteiger partial charge in [-0.25, -0.2) is 0 Å². The molecule has 0 heterocycles. The molecular weight excluding hydrogens is 366 g/mol. The molecule has 1 aliphatic carbocycles. The van der Waals surface area contributed by atoms with Crippen molar-refractivity contribution in [3.63, 3.8) is 0 Å². The van der Waals surface area contributed by atoms with Crippen LogP contribution in [-0.4, -0.2) is 39.2 Å². The van der Waals surface area contributed by atoms with Crippen LogP contribution in [0, 0.1) is 25.7 Å². The molecular formula is C24H37NO4. The van der Waals surface area contributed by atoms with Gasteiger partial charge >= 0.3 is 0 Å². The second-order valence-corrected chi connectivity index (χ2v) is 7.99. The van der Waals surface area contributed by atoms with Crippen molar-refractivity contribution in [1.82, 2.24) is 0 Å². The van der Waals surface area contributed by atoms with E-state index < -0.39 is 0 Å². The standard InChI is InChI=1S/C24H37NO4/c1-6-7-12-28-23-13-18(2)24(19(3)14-23)29-17-22-10-8-21(9-11-22)16-27-15-20(4)25-26-5/h6-7,13-14,21-22H,8-12,15-17H2,1-5H3/b7-6+,25-20?. The van der Waals surface area contributed by atoms with Crippen LogP contribution in [0.3, 0.4) is 0 Å². The Labute approximate surface area is 176 Å². The second-order valence-electron chi connectivity index (χ2n) is 7.99. The number of hydrogen-bond donors (Lipinski definition) is 0. The van der Waals surface area contributed by atoms with E-state index in [4.69, 9.17) is 19.0 Å². The largest absolute Gasteiger partial charge is 0.493 e. The number of allylic oxidation sites excluding steroid dienone is 1. The van der Waals surface area contributed by atoms with Crippen LogP contribution < -0.4 is 9.47 Å². The predicted octanol–water partition coefficient (Wildman–Crippen LogP) is 5.48. The van der Waals surface area contributed by atoms with E-state index in [-0.39, 0.29) is 0 Å². The number of aryl methyl sites for hydroxylation is 2. The van der Waals surface area contributed by atoms with Crippen molar-refractivity contribution >= 4 is 5.71 Å². The summed E-state index contributed by atoms with van der Waals surface area (Å²) in [5, 5.41) is 3.87. The first kappa shape index (κ1) is 23.3. The molecule has 0 aliphatic heterocycles. The number of oxime groups is 1. The van der Waals surface area contributed by atoms with Crippen molar-refractivity contribution in [3.05, 3.63) is 35.4 Å². The molecule has 0 saturated heterocycles. The summed E-state index contributed by atoms with van der Waals surface area (Å²) < 4.78 is 17.8. The minimum Gasteiger partial charge on any atom is -0.493 e.